The summed E-state index contributed by atoms with van der Waals surface area (Å²) in [6, 6.07) is 82.9. The zero-order chi connectivity index (χ0) is 40.3. The first-order valence-corrected chi connectivity index (χ1v) is 20.8. The molecule has 286 valence electrons. The van der Waals surface area contributed by atoms with Gasteiger partial charge in [-0.2, -0.15) is 0 Å². The van der Waals surface area contributed by atoms with Crippen molar-refractivity contribution in [3.8, 4) is 39.1 Å². The summed E-state index contributed by atoms with van der Waals surface area (Å²) in [6.45, 7) is 0. The molecule has 0 bridgehead atoms. The third-order valence-corrected chi connectivity index (χ3v) is 12.2. The van der Waals surface area contributed by atoms with Crippen molar-refractivity contribution < 1.29 is 4.42 Å². The number of fused-ring (bicyclic) bond motifs is 7. The van der Waals surface area contributed by atoms with Crippen LogP contribution in [0.4, 0.5) is 17.1 Å². The summed E-state index contributed by atoms with van der Waals surface area (Å²) in [5.74, 6) is 0. The van der Waals surface area contributed by atoms with E-state index in [-0.39, 0.29) is 0 Å². The lowest BCUT2D eigenvalue weighted by atomic mass is 9.95. The molecule has 0 spiro atoms. The Morgan fingerprint density at radius 3 is 1.66 bits per heavy atom. The molecule has 0 aliphatic rings. The van der Waals surface area contributed by atoms with Gasteiger partial charge in [-0.15, -0.1) is 0 Å². The van der Waals surface area contributed by atoms with E-state index >= 15 is 0 Å². The van der Waals surface area contributed by atoms with Crippen molar-refractivity contribution in [1.29, 1.82) is 0 Å². The van der Waals surface area contributed by atoms with Gasteiger partial charge < -0.3 is 13.9 Å². The van der Waals surface area contributed by atoms with E-state index in [1.807, 2.05) is 12.1 Å². The van der Waals surface area contributed by atoms with Crippen molar-refractivity contribution in [3.05, 3.63) is 231 Å². The Morgan fingerprint density at radius 2 is 0.885 bits per heavy atom. The van der Waals surface area contributed by atoms with Crippen molar-refractivity contribution >= 4 is 71.6 Å². The Bertz CT molecular complexity index is 3530. The topological polar surface area (TPSA) is 21.3 Å². The Balaban J connectivity index is 0.983. The number of benzene rings is 10. The lowest BCUT2D eigenvalue weighted by molar-refractivity contribution is 0.669. The maximum Gasteiger partial charge on any atom is 0.136 e. The molecule has 0 saturated carbocycles. The van der Waals surface area contributed by atoms with Gasteiger partial charge in [0, 0.05) is 44.2 Å². The summed E-state index contributed by atoms with van der Waals surface area (Å²) < 4.78 is 8.65. The van der Waals surface area contributed by atoms with Gasteiger partial charge in [0.1, 0.15) is 11.2 Å². The maximum atomic E-state index is 6.27. The molecule has 2 heterocycles. The molecule has 0 amide bonds. The number of hydrogen-bond acceptors (Lipinski definition) is 2. The van der Waals surface area contributed by atoms with Gasteiger partial charge in [-0.05, 0) is 105 Å². The molecule has 10 aromatic carbocycles. The van der Waals surface area contributed by atoms with E-state index in [0.717, 1.165) is 61.4 Å². The minimum atomic E-state index is 0.897. The van der Waals surface area contributed by atoms with Crippen LogP contribution >= 0.6 is 0 Å². The smallest absolute Gasteiger partial charge is 0.136 e. The van der Waals surface area contributed by atoms with Crippen molar-refractivity contribution in [3.63, 3.8) is 0 Å². The van der Waals surface area contributed by atoms with Crippen LogP contribution in [-0.4, -0.2) is 4.57 Å². The first-order chi connectivity index (χ1) is 30.3. The predicted molar refractivity (Wildman–Crippen MR) is 257 cm³/mol. The van der Waals surface area contributed by atoms with Crippen LogP contribution in [0.5, 0.6) is 0 Å². The van der Waals surface area contributed by atoms with E-state index in [4.69, 9.17) is 4.42 Å². The third-order valence-electron chi connectivity index (χ3n) is 12.2. The minimum absolute atomic E-state index is 0.897. The fraction of sp³-hybridized carbons (Fsp3) is 0. The predicted octanol–water partition coefficient (Wildman–Crippen LogP) is 16.3. The monoisotopic (exact) mass is 778 g/mol. The van der Waals surface area contributed by atoms with Gasteiger partial charge in [0.25, 0.3) is 0 Å². The highest BCUT2D eigenvalue weighted by atomic mass is 16.3. The summed E-state index contributed by atoms with van der Waals surface area (Å²) in [5, 5.41) is 7.24. The molecule has 0 N–H and O–H groups in total. The van der Waals surface area contributed by atoms with Crippen LogP contribution in [0.15, 0.2) is 235 Å². The number of para-hydroxylation sites is 4. The Labute approximate surface area is 353 Å². The van der Waals surface area contributed by atoms with Crippen molar-refractivity contribution in [2.45, 2.75) is 0 Å². The first-order valence-electron chi connectivity index (χ1n) is 20.8. The van der Waals surface area contributed by atoms with Gasteiger partial charge in [0.2, 0.25) is 0 Å². The minimum Gasteiger partial charge on any atom is -0.456 e. The molecular formula is C58H38N2O. The number of furan rings is 1. The van der Waals surface area contributed by atoms with Crippen LogP contribution in [0, 0.1) is 0 Å². The highest BCUT2D eigenvalue weighted by molar-refractivity contribution is 6.13. The van der Waals surface area contributed by atoms with Gasteiger partial charge in [0.05, 0.1) is 16.7 Å². The molecule has 12 aromatic rings. The van der Waals surface area contributed by atoms with E-state index in [2.05, 4.69) is 228 Å². The van der Waals surface area contributed by atoms with Gasteiger partial charge >= 0.3 is 0 Å². The van der Waals surface area contributed by atoms with Gasteiger partial charge in [-0.3, -0.25) is 0 Å². The summed E-state index contributed by atoms with van der Waals surface area (Å²) in [5.41, 5.74) is 15.6. The fourth-order valence-electron chi connectivity index (χ4n) is 9.42. The van der Waals surface area contributed by atoms with Crippen LogP contribution in [0.3, 0.4) is 0 Å². The lowest BCUT2D eigenvalue weighted by Crippen LogP contribution is -2.11. The highest BCUT2D eigenvalue weighted by Crippen LogP contribution is 2.44. The quantitative estimate of drug-likeness (QED) is 0.161. The van der Waals surface area contributed by atoms with E-state index in [0.29, 0.717) is 0 Å². The largest absolute Gasteiger partial charge is 0.456 e. The number of rotatable bonds is 7. The molecule has 0 radical (unpaired) electrons. The van der Waals surface area contributed by atoms with Crippen LogP contribution in [0.2, 0.25) is 0 Å². The average molecular weight is 779 g/mol. The standard InChI is InChI=1S/C58H38N2O/c1-2-18-46-40(14-1)15-12-24-48(46)49-19-3-7-25-53(49)59(44-36-32-41(33-37-44)47-23-13-29-57-58(47)52-22-6-10-28-56(52)61-57)43-34-30-39(31-35-43)42-16-11-17-45(38-42)60-54-26-8-4-20-50(54)51-21-5-9-27-55(51)60/h1-38H. The number of nitrogens with zero attached hydrogens (tertiary/aromatic N) is 2. The van der Waals surface area contributed by atoms with E-state index in [1.165, 1.54) is 49.3 Å². The van der Waals surface area contributed by atoms with Crippen LogP contribution in [-0.2, 0) is 0 Å². The molecule has 12 rings (SSSR count). The maximum absolute atomic E-state index is 6.27. The zero-order valence-electron chi connectivity index (χ0n) is 33.2. The van der Waals surface area contributed by atoms with Crippen molar-refractivity contribution in [2.75, 3.05) is 4.90 Å². The summed E-state index contributed by atoms with van der Waals surface area (Å²) >= 11 is 0. The second-order valence-electron chi connectivity index (χ2n) is 15.7. The van der Waals surface area contributed by atoms with Gasteiger partial charge in [-0.1, -0.05) is 164 Å². The molecule has 0 unspecified atom stereocenters. The number of anilines is 3. The van der Waals surface area contributed by atoms with Gasteiger partial charge in [-0.25, -0.2) is 0 Å². The number of hydrogen-bond donors (Lipinski definition) is 0. The number of aromatic nitrogens is 1. The van der Waals surface area contributed by atoms with Crippen LogP contribution in [0.1, 0.15) is 0 Å². The molecule has 0 aliphatic heterocycles. The van der Waals surface area contributed by atoms with Crippen LogP contribution < -0.4 is 4.90 Å². The Hall–Kier alpha value is -8.14. The highest BCUT2D eigenvalue weighted by Gasteiger charge is 2.20. The molecule has 2 aromatic heterocycles. The normalized spacial score (nSPS) is 11.6. The third kappa shape index (κ3) is 5.82. The molecule has 3 heteroatoms. The molecule has 61 heavy (non-hydrogen) atoms. The molecule has 0 aliphatic carbocycles. The lowest BCUT2D eigenvalue weighted by Gasteiger charge is -2.28. The van der Waals surface area contributed by atoms with Crippen LogP contribution in [0.25, 0.3) is 93.6 Å². The fourth-order valence-corrected chi connectivity index (χ4v) is 9.42. The van der Waals surface area contributed by atoms with E-state index in [1.54, 1.807) is 0 Å². The Kier molecular flexibility index (Phi) is 8.17. The summed E-state index contributed by atoms with van der Waals surface area (Å²) in [6.07, 6.45) is 0. The SMILES string of the molecule is c1cc(-c2ccc(N(c3ccc(-c4cccc5oc6ccccc6c45)cc3)c3ccccc3-c3cccc4ccccc34)cc2)cc(-n2c3ccccc3c3ccccc32)c1. The summed E-state index contributed by atoms with van der Waals surface area (Å²) in [4.78, 5) is 2.40. The van der Waals surface area contributed by atoms with Crippen molar-refractivity contribution in [2.24, 2.45) is 0 Å². The first kappa shape index (κ1) is 34.9. The molecule has 0 saturated heterocycles. The average Bonchev–Trinajstić information content (AvgIpc) is 3.88. The Morgan fingerprint density at radius 1 is 0.344 bits per heavy atom. The van der Waals surface area contributed by atoms with Crippen molar-refractivity contribution in [1.82, 2.24) is 4.57 Å². The molecule has 0 fully saturated rings. The molecule has 3 nitrogen and oxygen atoms in total. The van der Waals surface area contributed by atoms with E-state index < -0.39 is 0 Å². The zero-order valence-corrected chi connectivity index (χ0v) is 33.2. The summed E-state index contributed by atoms with van der Waals surface area (Å²) in [7, 11) is 0. The second kappa shape index (κ2) is 14.3. The molecule has 0 atom stereocenters. The van der Waals surface area contributed by atoms with Gasteiger partial charge in [0.15, 0.2) is 0 Å². The van der Waals surface area contributed by atoms with E-state index in [9.17, 15) is 0 Å². The second-order valence-corrected chi connectivity index (χ2v) is 15.7. The molecular weight excluding hydrogens is 741 g/mol.